The number of hydrogen-bond donors (Lipinski definition) is 2. The van der Waals surface area contributed by atoms with Crippen LogP contribution in [0.25, 0.3) is 0 Å². The summed E-state index contributed by atoms with van der Waals surface area (Å²) in [4.78, 5) is 0. The molecule has 2 aromatic carbocycles. The topological polar surface area (TPSA) is 49.7 Å². The fraction of sp³-hybridized carbons (Fsp3) is 0.200. The molecule has 0 aliphatic heterocycles. The molecule has 0 atom stereocenters. The predicted molar refractivity (Wildman–Crippen MR) is 76.5 cm³/mol. The van der Waals surface area contributed by atoms with E-state index in [0.29, 0.717) is 5.56 Å². The van der Waals surface area contributed by atoms with Crippen molar-refractivity contribution >= 4 is 12.6 Å². The van der Waals surface area contributed by atoms with Gasteiger partial charge in [-0.05, 0) is 48.6 Å². The van der Waals surface area contributed by atoms with Crippen LogP contribution in [0.15, 0.2) is 36.4 Å². The van der Waals surface area contributed by atoms with E-state index in [0.717, 1.165) is 22.9 Å². The summed E-state index contributed by atoms with van der Waals surface area (Å²) < 4.78 is 18.8. The lowest BCUT2D eigenvalue weighted by atomic mass is 9.77. The molecule has 0 aliphatic carbocycles. The Morgan fingerprint density at radius 3 is 2.50 bits per heavy atom. The van der Waals surface area contributed by atoms with Gasteiger partial charge in [0.05, 0.1) is 0 Å². The van der Waals surface area contributed by atoms with Crippen molar-refractivity contribution in [3.63, 3.8) is 0 Å². The molecule has 2 aromatic rings. The highest BCUT2D eigenvalue weighted by molar-refractivity contribution is 6.59. The smallest absolute Gasteiger partial charge is 0.488 e. The minimum Gasteiger partial charge on any atom is -0.489 e. The van der Waals surface area contributed by atoms with Crippen LogP contribution in [-0.4, -0.2) is 17.2 Å². The quantitative estimate of drug-likeness (QED) is 0.834. The Kier molecular flexibility index (Phi) is 4.42. The lowest BCUT2D eigenvalue weighted by Crippen LogP contribution is -2.34. The molecule has 0 saturated carbocycles. The molecule has 0 heterocycles. The number of aryl methyl sites for hydroxylation is 2. The Balaban J connectivity index is 2.18. The Labute approximate surface area is 117 Å². The molecular weight excluding hydrogens is 258 g/mol. The van der Waals surface area contributed by atoms with Gasteiger partial charge in [-0.1, -0.05) is 23.8 Å². The summed E-state index contributed by atoms with van der Waals surface area (Å²) in [6.07, 6.45) is 0. The molecule has 0 bridgehead atoms. The fourth-order valence-electron chi connectivity index (χ4n) is 2.05. The van der Waals surface area contributed by atoms with Gasteiger partial charge < -0.3 is 14.8 Å². The highest BCUT2D eigenvalue weighted by atomic mass is 19.1. The molecule has 2 N–H and O–H groups in total. The molecule has 0 saturated heterocycles. The van der Waals surface area contributed by atoms with E-state index >= 15 is 0 Å². The predicted octanol–water partition coefficient (Wildman–Crippen LogP) is 1.70. The molecule has 3 nitrogen and oxygen atoms in total. The molecule has 0 radical (unpaired) electrons. The normalized spacial score (nSPS) is 10.4. The molecule has 0 fully saturated rings. The SMILES string of the molecule is Cc1ccc(OCc2ccc(F)cc2B(O)O)c(C)c1. The van der Waals surface area contributed by atoms with Crippen molar-refractivity contribution in [1.29, 1.82) is 0 Å². The van der Waals surface area contributed by atoms with Crippen molar-refractivity contribution in [2.45, 2.75) is 20.5 Å². The van der Waals surface area contributed by atoms with Crippen LogP contribution in [0.2, 0.25) is 0 Å². The van der Waals surface area contributed by atoms with Crippen LogP contribution in [0.1, 0.15) is 16.7 Å². The second kappa shape index (κ2) is 6.07. The molecule has 0 aliphatic rings. The van der Waals surface area contributed by atoms with Gasteiger partial charge in [-0.2, -0.15) is 0 Å². The molecule has 0 amide bonds. The van der Waals surface area contributed by atoms with E-state index < -0.39 is 12.9 Å². The molecule has 2 rings (SSSR count). The van der Waals surface area contributed by atoms with Crippen LogP contribution in [0, 0.1) is 19.7 Å². The third kappa shape index (κ3) is 3.38. The lowest BCUT2D eigenvalue weighted by molar-refractivity contribution is 0.304. The zero-order valence-corrected chi connectivity index (χ0v) is 11.4. The third-order valence-electron chi connectivity index (χ3n) is 3.10. The van der Waals surface area contributed by atoms with Gasteiger partial charge in [0.1, 0.15) is 18.2 Å². The zero-order chi connectivity index (χ0) is 14.7. The highest BCUT2D eigenvalue weighted by Gasteiger charge is 2.17. The summed E-state index contributed by atoms with van der Waals surface area (Å²) in [6.45, 7) is 4.09. The second-order valence-corrected chi connectivity index (χ2v) is 4.77. The van der Waals surface area contributed by atoms with Crippen LogP contribution < -0.4 is 10.2 Å². The summed E-state index contributed by atoms with van der Waals surface area (Å²) in [7, 11) is -1.72. The number of ether oxygens (including phenoxy) is 1. The number of benzene rings is 2. The van der Waals surface area contributed by atoms with Crippen LogP contribution >= 0.6 is 0 Å². The molecule has 104 valence electrons. The van der Waals surface area contributed by atoms with Crippen molar-refractivity contribution in [3.05, 3.63) is 58.9 Å². The molecule has 0 aromatic heterocycles. The Hall–Kier alpha value is -1.85. The highest BCUT2D eigenvalue weighted by Crippen LogP contribution is 2.19. The van der Waals surface area contributed by atoms with Gasteiger partial charge in [0.25, 0.3) is 0 Å². The van der Waals surface area contributed by atoms with Crippen molar-refractivity contribution in [2.75, 3.05) is 0 Å². The van der Waals surface area contributed by atoms with Gasteiger partial charge in [-0.25, -0.2) is 4.39 Å². The van der Waals surface area contributed by atoms with Gasteiger partial charge in [-0.3, -0.25) is 0 Å². The number of rotatable bonds is 4. The third-order valence-corrected chi connectivity index (χ3v) is 3.10. The van der Waals surface area contributed by atoms with E-state index in [1.54, 1.807) is 0 Å². The maximum absolute atomic E-state index is 13.1. The van der Waals surface area contributed by atoms with Crippen LogP contribution in [0.5, 0.6) is 5.75 Å². The lowest BCUT2D eigenvalue weighted by Gasteiger charge is -2.13. The first-order chi connectivity index (χ1) is 9.47. The van der Waals surface area contributed by atoms with E-state index in [4.69, 9.17) is 4.74 Å². The minimum atomic E-state index is -1.72. The van der Waals surface area contributed by atoms with Crippen LogP contribution in [0.3, 0.4) is 0 Å². The van der Waals surface area contributed by atoms with Crippen molar-refractivity contribution in [3.8, 4) is 5.75 Å². The van der Waals surface area contributed by atoms with Crippen molar-refractivity contribution in [1.82, 2.24) is 0 Å². The van der Waals surface area contributed by atoms with Gasteiger partial charge in [0.15, 0.2) is 0 Å². The van der Waals surface area contributed by atoms with E-state index in [1.807, 2.05) is 32.0 Å². The van der Waals surface area contributed by atoms with E-state index in [1.165, 1.54) is 12.1 Å². The first-order valence-corrected chi connectivity index (χ1v) is 6.32. The average Bonchev–Trinajstić information content (AvgIpc) is 2.38. The maximum Gasteiger partial charge on any atom is 0.488 e. The van der Waals surface area contributed by atoms with Gasteiger partial charge in [0.2, 0.25) is 0 Å². The summed E-state index contributed by atoms with van der Waals surface area (Å²) in [6, 6.07) is 9.67. The first kappa shape index (κ1) is 14.6. The number of hydrogen-bond acceptors (Lipinski definition) is 3. The summed E-state index contributed by atoms with van der Waals surface area (Å²) in [5.41, 5.74) is 2.80. The first-order valence-electron chi connectivity index (χ1n) is 6.32. The summed E-state index contributed by atoms with van der Waals surface area (Å²) in [5, 5.41) is 18.5. The van der Waals surface area contributed by atoms with Gasteiger partial charge in [-0.15, -0.1) is 0 Å². The van der Waals surface area contributed by atoms with E-state index in [-0.39, 0.29) is 12.1 Å². The van der Waals surface area contributed by atoms with Gasteiger partial charge in [0, 0.05) is 0 Å². The fourth-order valence-corrected chi connectivity index (χ4v) is 2.05. The Morgan fingerprint density at radius 2 is 1.85 bits per heavy atom. The van der Waals surface area contributed by atoms with E-state index in [2.05, 4.69) is 0 Å². The zero-order valence-electron chi connectivity index (χ0n) is 11.4. The summed E-state index contributed by atoms with van der Waals surface area (Å²) >= 11 is 0. The maximum atomic E-state index is 13.1. The molecule has 0 spiro atoms. The van der Waals surface area contributed by atoms with E-state index in [9.17, 15) is 14.4 Å². The minimum absolute atomic E-state index is 0.120. The molecule has 20 heavy (non-hydrogen) atoms. The average molecular weight is 274 g/mol. The van der Waals surface area contributed by atoms with Crippen LogP contribution in [0.4, 0.5) is 4.39 Å². The largest absolute Gasteiger partial charge is 0.489 e. The molecular formula is C15H16BFO3. The van der Waals surface area contributed by atoms with Crippen molar-refractivity contribution in [2.24, 2.45) is 0 Å². The Bertz CT molecular complexity index is 614. The van der Waals surface area contributed by atoms with Crippen LogP contribution in [-0.2, 0) is 6.61 Å². The molecule has 5 heteroatoms. The van der Waals surface area contributed by atoms with Crippen molar-refractivity contribution < 1.29 is 19.2 Å². The standard InChI is InChI=1S/C15H16BFO3/c1-10-3-6-15(11(2)7-10)20-9-12-4-5-13(17)8-14(12)16(18)19/h3-8,18-19H,9H2,1-2H3. The monoisotopic (exact) mass is 274 g/mol. The second-order valence-electron chi connectivity index (χ2n) is 4.77. The number of halogens is 1. The Morgan fingerprint density at radius 1 is 1.10 bits per heavy atom. The summed E-state index contributed by atoms with van der Waals surface area (Å²) in [5.74, 6) is 0.210. The van der Waals surface area contributed by atoms with Gasteiger partial charge >= 0.3 is 7.12 Å². The molecule has 0 unspecified atom stereocenters.